The molecular formula is C14H21ClN2O3S. The molecule has 2 N–H and O–H groups in total. The topological polar surface area (TPSA) is 67.4 Å². The quantitative estimate of drug-likeness (QED) is 0.876. The van der Waals surface area contributed by atoms with E-state index in [0.717, 1.165) is 22.7 Å². The highest BCUT2D eigenvalue weighted by molar-refractivity contribution is 7.88. The molecule has 0 aliphatic carbocycles. The predicted molar refractivity (Wildman–Crippen MR) is 84.1 cm³/mol. The second-order valence-corrected chi connectivity index (χ2v) is 7.63. The van der Waals surface area contributed by atoms with Gasteiger partial charge in [0.2, 0.25) is 10.0 Å². The minimum absolute atomic E-state index is 0.0304. The summed E-state index contributed by atoms with van der Waals surface area (Å²) >= 11 is 6.06. The van der Waals surface area contributed by atoms with E-state index in [4.69, 9.17) is 16.3 Å². The Morgan fingerprint density at radius 1 is 1.48 bits per heavy atom. The summed E-state index contributed by atoms with van der Waals surface area (Å²) in [6, 6.07) is 5.81. The van der Waals surface area contributed by atoms with Crippen LogP contribution in [0.5, 0.6) is 0 Å². The first kappa shape index (κ1) is 16.7. The molecule has 0 spiro atoms. The van der Waals surface area contributed by atoms with Crippen LogP contribution in [-0.4, -0.2) is 40.9 Å². The van der Waals surface area contributed by atoms with Gasteiger partial charge in [-0.3, -0.25) is 0 Å². The van der Waals surface area contributed by atoms with E-state index in [1.807, 2.05) is 25.1 Å². The normalized spacial score (nSPS) is 23.8. The molecule has 2 unspecified atom stereocenters. The van der Waals surface area contributed by atoms with E-state index in [-0.39, 0.29) is 12.0 Å². The first-order chi connectivity index (χ1) is 9.87. The molecule has 7 heteroatoms. The summed E-state index contributed by atoms with van der Waals surface area (Å²) in [5, 5.41) is 3.99. The van der Waals surface area contributed by atoms with Crippen molar-refractivity contribution < 1.29 is 13.2 Å². The number of halogens is 1. The van der Waals surface area contributed by atoms with Gasteiger partial charge in [0, 0.05) is 30.6 Å². The highest BCUT2D eigenvalue weighted by Gasteiger charge is 2.27. The molecule has 1 aromatic carbocycles. The van der Waals surface area contributed by atoms with Crippen molar-refractivity contribution in [1.29, 1.82) is 0 Å². The largest absolute Gasteiger partial charge is 0.372 e. The van der Waals surface area contributed by atoms with Crippen molar-refractivity contribution in [2.45, 2.75) is 13.0 Å². The zero-order valence-electron chi connectivity index (χ0n) is 12.2. The van der Waals surface area contributed by atoms with E-state index in [1.54, 1.807) is 0 Å². The lowest BCUT2D eigenvalue weighted by Crippen LogP contribution is -2.36. The van der Waals surface area contributed by atoms with Crippen LogP contribution in [0.2, 0.25) is 5.02 Å². The van der Waals surface area contributed by atoms with Gasteiger partial charge in [0.25, 0.3) is 0 Å². The van der Waals surface area contributed by atoms with Crippen molar-refractivity contribution in [3.05, 3.63) is 34.3 Å². The Bertz CT molecular complexity index is 592. The Morgan fingerprint density at radius 2 is 2.24 bits per heavy atom. The van der Waals surface area contributed by atoms with Gasteiger partial charge < -0.3 is 10.1 Å². The van der Waals surface area contributed by atoms with Gasteiger partial charge in [-0.2, -0.15) is 0 Å². The number of benzene rings is 1. The standard InChI is InChI=1S/C14H21ClN2O3S/c1-10-7-11(3-4-13(10)15)14-12(8-16-5-6-20-14)9-17-21(2,18)19/h3-4,7,12,14,16-17H,5-6,8-9H2,1-2H3. The highest BCUT2D eigenvalue weighted by atomic mass is 35.5. The van der Waals surface area contributed by atoms with Gasteiger partial charge in [-0.25, -0.2) is 13.1 Å². The van der Waals surface area contributed by atoms with Gasteiger partial charge in [-0.1, -0.05) is 23.7 Å². The van der Waals surface area contributed by atoms with Crippen LogP contribution < -0.4 is 10.0 Å². The first-order valence-electron chi connectivity index (χ1n) is 6.90. The van der Waals surface area contributed by atoms with Crippen LogP contribution in [-0.2, 0) is 14.8 Å². The fourth-order valence-electron chi connectivity index (χ4n) is 2.44. The molecule has 118 valence electrons. The van der Waals surface area contributed by atoms with Crippen molar-refractivity contribution in [3.63, 3.8) is 0 Å². The maximum absolute atomic E-state index is 11.3. The van der Waals surface area contributed by atoms with Crippen LogP contribution in [0, 0.1) is 12.8 Å². The summed E-state index contributed by atoms with van der Waals surface area (Å²) < 4.78 is 31.1. The van der Waals surface area contributed by atoms with E-state index in [1.165, 1.54) is 6.26 Å². The van der Waals surface area contributed by atoms with Crippen LogP contribution in [0.1, 0.15) is 17.2 Å². The Labute approximate surface area is 131 Å². The number of hydrogen-bond donors (Lipinski definition) is 2. The second-order valence-electron chi connectivity index (χ2n) is 5.38. The summed E-state index contributed by atoms with van der Waals surface area (Å²) in [7, 11) is -3.21. The maximum Gasteiger partial charge on any atom is 0.208 e. The lowest BCUT2D eigenvalue weighted by molar-refractivity contribution is 0.0322. The van der Waals surface area contributed by atoms with Gasteiger partial charge in [-0.05, 0) is 24.1 Å². The first-order valence-corrected chi connectivity index (χ1v) is 9.17. The molecule has 1 aliphatic heterocycles. The minimum Gasteiger partial charge on any atom is -0.372 e. The molecule has 1 aliphatic rings. The van der Waals surface area contributed by atoms with Gasteiger partial charge in [0.05, 0.1) is 19.0 Å². The fraction of sp³-hybridized carbons (Fsp3) is 0.571. The number of sulfonamides is 1. The van der Waals surface area contributed by atoms with Gasteiger partial charge in [0.1, 0.15) is 0 Å². The lowest BCUT2D eigenvalue weighted by atomic mass is 9.94. The summed E-state index contributed by atoms with van der Waals surface area (Å²) in [5.41, 5.74) is 2.02. The number of rotatable bonds is 4. The second kappa shape index (κ2) is 7.07. The molecule has 1 aromatic rings. The third-order valence-electron chi connectivity index (χ3n) is 3.53. The molecule has 2 atom stereocenters. The molecule has 1 saturated heterocycles. The number of nitrogens with one attached hydrogen (secondary N) is 2. The summed E-state index contributed by atoms with van der Waals surface area (Å²) in [4.78, 5) is 0. The van der Waals surface area contributed by atoms with Crippen molar-refractivity contribution in [3.8, 4) is 0 Å². The van der Waals surface area contributed by atoms with E-state index in [9.17, 15) is 8.42 Å². The van der Waals surface area contributed by atoms with E-state index >= 15 is 0 Å². The molecule has 0 amide bonds. The van der Waals surface area contributed by atoms with Crippen LogP contribution in [0.25, 0.3) is 0 Å². The third kappa shape index (κ3) is 4.93. The molecule has 2 rings (SSSR count). The third-order valence-corrected chi connectivity index (χ3v) is 4.64. The van der Waals surface area contributed by atoms with Crippen molar-refractivity contribution in [2.24, 2.45) is 5.92 Å². The molecule has 0 aromatic heterocycles. The van der Waals surface area contributed by atoms with Crippen molar-refractivity contribution in [2.75, 3.05) is 32.5 Å². The van der Waals surface area contributed by atoms with Crippen molar-refractivity contribution in [1.82, 2.24) is 10.0 Å². The van der Waals surface area contributed by atoms with Crippen LogP contribution in [0.3, 0.4) is 0 Å². The Balaban J connectivity index is 2.20. The number of hydrogen-bond acceptors (Lipinski definition) is 4. The smallest absolute Gasteiger partial charge is 0.208 e. The predicted octanol–water partition coefficient (Wildman–Crippen LogP) is 1.47. The summed E-state index contributed by atoms with van der Waals surface area (Å²) in [6.45, 7) is 4.36. The molecule has 21 heavy (non-hydrogen) atoms. The Morgan fingerprint density at radius 3 is 2.90 bits per heavy atom. The van der Waals surface area contributed by atoms with Gasteiger partial charge >= 0.3 is 0 Å². The molecule has 0 saturated carbocycles. The highest BCUT2D eigenvalue weighted by Crippen LogP contribution is 2.29. The van der Waals surface area contributed by atoms with E-state index < -0.39 is 10.0 Å². The van der Waals surface area contributed by atoms with Gasteiger partial charge in [0.15, 0.2) is 0 Å². The monoisotopic (exact) mass is 332 g/mol. The van der Waals surface area contributed by atoms with E-state index in [0.29, 0.717) is 19.7 Å². The lowest BCUT2D eigenvalue weighted by Gasteiger charge is -2.25. The average molecular weight is 333 g/mol. The minimum atomic E-state index is -3.21. The average Bonchev–Trinajstić information content (AvgIpc) is 2.64. The Hall–Kier alpha value is -0.660. The SMILES string of the molecule is Cc1cc(C2OCCNCC2CNS(C)(=O)=O)ccc1Cl. The van der Waals surface area contributed by atoms with Crippen LogP contribution in [0.4, 0.5) is 0 Å². The zero-order valence-corrected chi connectivity index (χ0v) is 13.8. The number of aryl methyl sites for hydroxylation is 1. The van der Waals surface area contributed by atoms with E-state index in [2.05, 4.69) is 10.0 Å². The van der Waals surface area contributed by atoms with Crippen LogP contribution in [0.15, 0.2) is 18.2 Å². The summed E-state index contributed by atoms with van der Waals surface area (Å²) in [5.74, 6) is 0.0304. The van der Waals surface area contributed by atoms with Gasteiger partial charge in [-0.15, -0.1) is 0 Å². The zero-order chi connectivity index (χ0) is 15.5. The maximum atomic E-state index is 11.3. The molecule has 1 fully saturated rings. The molecular weight excluding hydrogens is 312 g/mol. The number of ether oxygens (including phenoxy) is 1. The molecule has 0 radical (unpaired) electrons. The van der Waals surface area contributed by atoms with Crippen LogP contribution >= 0.6 is 11.6 Å². The summed E-state index contributed by atoms with van der Waals surface area (Å²) in [6.07, 6.45) is 1.02. The molecule has 0 bridgehead atoms. The Kier molecular flexibility index (Phi) is 5.62. The molecule has 5 nitrogen and oxygen atoms in total. The fourth-order valence-corrected chi connectivity index (χ4v) is 3.07. The van der Waals surface area contributed by atoms with Crippen molar-refractivity contribution >= 4 is 21.6 Å². The molecule has 1 heterocycles.